The van der Waals surface area contributed by atoms with Gasteiger partial charge in [-0.1, -0.05) is 33.6 Å². The molecule has 0 bridgehead atoms. The molecule has 1 fully saturated rings. The predicted molar refractivity (Wildman–Crippen MR) is 93.7 cm³/mol. The van der Waals surface area contributed by atoms with Crippen LogP contribution >= 0.6 is 11.3 Å². The number of likely N-dealkylation sites (tertiary alicyclic amines) is 1. The highest BCUT2D eigenvalue weighted by Gasteiger charge is 2.32. The quantitative estimate of drug-likeness (QED) is 0.720. The van der Waals surface area contributed by atoms with Crippen molar-refractivity contribution in [3.63, 3.8) is 0 Å². The molecule has 1 amide bonds. The molecule has 1 aromatic rings. The van der Waals surface area contributed by atoms with E-state index in [4.69, 9.17) is 0 Å². The molecule has 1 aliphatic carbocycles. The second-order valence-corrected chi connectivity index (χ2v) is 9.03. The number of thiophene rings is 1. The van der Waals surface area contributed by atoms with Gasteiger partial charge in [0.05, 0.1) is 5.56 Å². The summed E-state index contributed by atoms with van der Waals surface area (Å²) >= 11 is 1.82. The van der Waals surface area contributed by atoms with E-state index in [0.29, 0.717) is 11.3 Å². The molecule has 3 heteroatoms. The van der Waals surface area contributed by atoms with Crippen molar-refractivity contribution in [3.05, 3.63) is 21.4 Å². The van der Waals surface area contributed by atoms with E-state index in [1.165, 1.54) is 42.5 Å². The van der Waals surface area contributed by atoms with Crippen LogP contribution in [0.1, 0.15) is 73.7 Å². The SMILES string of the molecule is CC(C)(C)C1CCc2c(C(=O)N3CCCCCC3)csc2C1. The third-order valence-corrected chi connectivity index (χ3v) is 6.55. The molecule has 1 aliphatic heterocycles. The molecule has 22 heavy (non-hydrogen) atoms. The average molecular weight is 320 g/mol. The van der Waals surface area contributed by atoms with Crippen LogP contribution in [-0.4, -0.2) is 23.9 Å². The predicted octanol–water partition coefficient (Wildman–Crippen LogP) is 4.92. The van der Waals surface area contributed by atoms with Crippen LogP contribution in [-0.2, 0) is 12.8 Å². The van der Waals surface area contributed by atoms with Crippen LogP contribution < -0.4 is 0 Å². The third kappa shape index (κ3) is 3.24. The maximum atomic E-state index is 12.9. The molecule has 0 saturated carbocycles. The van der Waals surface area contributed by atoms with Crippen molar-refractivity contribution in [2.45, 2.75) is 65.7 Å². The molecule has 1 aromatic heterocycles. The van der Waals surface area contributed by atoms with E-state index in [1.807, 2.05) is 11.3 Å². The fourth-order valence-corrected chi connectivity index (χ4v) is 5.03. The van der Waals surface area contributed by atoms with Gasteiger partial charge >= 0.3 is 0 Å². The lowest BCUT2D eigenvalue weighted by Gasteiger charge is -2.34. The molecule has 1 unspecified atom stereocenters. The first kappa shape index (κ1) is 16.0. The van der Waals surface area contributed by atoms with Crippen LogP contribution in [0.5, 0.6) is 0 Å². The summed E-state index contributed by atoms with van der Waals surface area (Å²) in [5, 5.41) is 2.14. The van der Waals surface area contributed by atoms with Crippen molar-refractivity contribution in [1.82, 2.24) is 4.90 Å². The molecular formula is C19H29NOS. The summed E-state index contributed by atoms with van der Waals surface area (Å²) in [7, 11) is 0. The Morgan fingerprint density at radius 1 is 1.18 bits per heavy atom. The summed E-state index contributed by atoms with van der Waals surface area (Å²) in [5.41, 5.74) is 2.77. The molecule has 2 aliphatic rings. The smallest absolute Gasteiger partial charge is 0.254 e. The number of rotatable bonds is 1. The Morgan fingerprint density at radius 3 is 2.50 bits per heavy atom. The highest BCUT2D eigenvalue weighted by atomic mass is 32.1. The Labute approximate surface area is 138 Å². The zero-order valence-corrected chi connectivity index (χ0v) is 15.1. The minimum Gasteiger partial charge on any atom is -0.339 e. The Balaban J connectivity index is 1.77. The minimum absolute atomic E-state index is 0.300. The molecule has 0 radical (unpaired) electrons. The molecule has 0 N–H and O–H groups in total. The largest absolute Gasteiger partial charge is 0.339 e. The van der Waals surface area contributed by atoms with E-state index in [0.717, 1.165) is 37.4 Å². The third-order valence-electron chi connectivity index (χ3n) is 5.50. The van der Waals surface area contributed by atoms with Gasteiger partial charge in [0.15, 0.2) is 0 Å². The van der Waals surface area contributed by atoms with Gasteiger partial charge in [0, 0.05) is 23.3 Å². The lowest BCUT2D eigenvalue weighted by Crippen LogP contribution is -2.33. The van der Waals surface area contributed by atoms with E-state index < -0.39 is 0 Å². The van der Waals surface area contributed by atoms with Crippen molar-refractivity contribution in [3.8, 4) is 0 Å². The maximum Gasteiger partial charge on any atom is 0.254 e. The molecule has 0 aromatic carbocycles. The van der Waals surface area contributed by atoms with E-state index in [2.05, 4.69) is 31.1 Å². The van der Waals surface area contributed by atoms with Gasteiger partial charge in [-0.05, 0) is 49.0 Å². The Hall–Kier alpha value is -0.830. The minimum atomic E-state index is 0.300. The molecule has 0 spiro atoms. The summed E-state index contributed by atoms with van der Waals surface area (Å²) in [4.78, 5) is 16.5. The zero-order chi connectivity index (χ0) is 15.7. The molecule has 2 heterocycles. The standard InChI is InChI=1S/C19H29NOS/c1-19(2,3)14-8-9-15-16(13-22-17(15)12-14)18(21)20-10-6-4-5-7-11-20/h13-14H,4-12H2,1-3H3. The molecule has 1 saturated heterocycles. The lowest BCUT2D eigenvalue weighted by molar-refractivity contribution is 0.0760. The van der Waals surface area contributed by atoms with Crippen molar-refractivity contribution >= 4 is 17.2 Å². The second kappa shape index (κ2) is 6.35. The average Bonchev–Trinajstić information content (AvgIpc) is 2.70. The van der Waals surface area contributed by atoms with Crippen molar-refractivity contribution < 1.29 is 4.79 Å². The first-order valence-electron chi connectivity index (χ1n) is 8.85. The first-order chi connectivity index (χ1) is 10.5. The van der Waals surface area contributed by atoms with E-state index in [1.54, 1.807) is 0 Å². The lowest BCUT2D eigenvalue weighted by atomic mass is 9.72. The maximum absolute atomic E-state index is 12.9. The van der Waals surface area contributed by atoms with Gasteiger partial charge in [-0.3, -0.25) is 4.79 Å². The number of nitrogens with zero attached hydrogens (tertiary/aromatic N) is 1. The van der Waals surface area contributed by atoms with Crippen molar-refractivity contribution in [1.29, 1.82) is 0 Å². The van der Waals surface area contributed by atoms with Gasteiger partial charge < -0.3 is 4.90 Å². The van der Waals surface area contributed by atoms with Gasteiger partial charge in [0.1, 0.15) is 0 Å². The van der Waals surface area contributed by atoms with Crippen LogP contribution in [0.25, 0.3) is 0 Å². The fraction of sp³-hybridized carbons (Fsp3) is 0.737. The molecule has 2 nitrogen and oxygen atoms in total. The van der Waals surface area contributed by atoms with Crippen molar-refractivity contribution in [2.75, 3.05) is 13.1 Å². The molecule has 1 atom stereocenters. The molecule has 3 rings (SSSR count). The van der Waals surface area contributed by atoms with Crippen LogP contribution in [0.4, 0.5) is 0 Å². The van der Waals surface area contributed by atoms with Gasteiger partial charge in [0.25, 0.3) is 5.91 Å². The van der Waals surface area contributed by atoms with E-state index >= 15 is 0 Å². The summed E-state index contributed by atoms with van der Waals surface area (Å²) in [6, 6.07) is 0. The van der Waals surface area contributed by atoms with Crippen LogP contribution in [0.3, 0.4) is 0 Å². The van der Waals surface area contributed by atoms with Gasteiger partial charge in [0.2, 0.25) is 0 Å². The van der Waals surface area contributed by atoms with Gasteiger partial charge in [-0.15, -0.1) is 11.3 Å². The number of amides is 1. The second-order valence-electron chi connectivity index (χ2n) is 8.06. The monoisotopic (exact) mass is 319 g/mol. The van der Waals surface area contributed by atoms with Crippen LogP contribution in [0, 0.1) is 11.3 Å². The summed E-state index contributed by atoms with van der Waals surface area (Å²) in [6.07, 6.45) is 8.38. The summed E-state index contributed by atoms with van der Waals surface area (Å²) in [5.74, 6) is 1.05. The molecular weight excluding hydrogens is 290 g/mol. The van der Waals surface area contributed by atoms with E-state index in [-0.39, 0.29) is 0 Å². The Morgan fingerprint density at radius 2 is 1.86 bits per heavy atom. The number of carbonyl (C=O) groups excluding carboxylic acids is 1. The fourth-order valence-electron chi connectivity index (χ4n) is 3.88. The zero-order valence-electron chi connectivity index (χ0n) is 14.3. The number of hydrogen-bond acceptors (Lipinski definition) is 2. The first-order valence-corrected chi connectivity index (χ1v) is 9.73. The normalized spacial score (nSPS) is 23.0. The molecule has 122 valence electrons. The summed E-state index contributed by atoms with van der Waals surface area (Å²) < 4.78 is 0. The van der Waals surface area contributed by atoms with E-state index in [9.17, 15) is 4.79 Å². The highest BCUT2D eigenvalue weighted by molar-refractivity contribution is 7.10. The van der Waals surface area contributed by atoms with Crippen LogP contribution in [0.15, 0.2) is 5.38 Å². The van der Waals surface area contributed by atoms with Crippen molar-refractivity contribution in [2.24, 2.45) is 11.3 Å². The topological polar surface area (TPSA) is 20.3 Å². The number of hydrogen-bond donors (Lipinski definition) is 0. The van der Waals surface area contributed by atoms with Gasteiger partial charge in [-0.2, -0.15) is 0 Å². The van der Waals surface area contributed by atoms with Gasteiger partial charge in [-0.25, -0.2) is 0 Å². The summed E-state index contributed by atoms with van der Waals surface area (Å²) in [6.45, 7) is 8.95. The highest BCUT2D eigenvalue weighted by Crippen LogP contribution is 2.40. The Bertz CT molecular complexity index is 532. The van der Waals surface area contributed by atoms with Crippen LogP contribution in [0.2, 0.25) is 0 Å². The number of carbonyl (C=O) groups is 1. The Kier molecular flexibility index (Phi) is 4.63. The number of fused-ring (bicyclic) bond motifs is 1.